The van der Waals surface area contributed by atoms with Crippen LogP contribution in [0.5, 0.6) is 0 Å². The summed E-state index contributed by atoms with van der Waals surface area (Å²) in [5, 5.41) is 1.37. The molecule has 0 spiro atoms. The molecule has 0 aliphatic rings. The van der Waals surface area contributed by atoms with Crippen LogP contribution in [0, 0.1) is 0 Å². The molecule has 7 heteroatoms. The lowest BCUT2D eigenvalue weighted by molar-refractivity contribution is 1.19. The molecule has 3 aromatic rings. The van der Waals surface area contributed by atoms with Gasteiger partial charge in [0.25, 0.3) is 0 Å². The summed E-state index contributed by atoms with van der Waals surface area (Å²) in [6, 6.07) is 11.0. The number of hydrazine groups is 1. The van der Waals surface area contributed by atoms with Crippen molar-refractivity contribution in [3.8, 4) is 11.1 Å². The van der Waals surface area contributed by atoms with Crippen molar-refractivity contribution in [1.82, 2.24) is 9.97 Å². The van der Waals surface area contributed by atoms with E-state index in [2.05, 4.69) is 15.4 Å². The number of nitrogen functional groups attached to an aromatic ring is 3. The maximum atomic E-state index is 6.04. The highest BCUT2D eigenvalue weighted by Gasteiger charge is 2.09. The molecule has 106 valence electrons. The van der Waals surface area contributed by atoms with Gasteiger partial charge in [-0.15, -0.1) is 0 Å². The Hall–Kier alpha value is -2.57. The van der Waals surface area contributed by atoms with E-state index in [4.69, 9.17) is 28.9 Å². The first-order valence-electron chi connectivity index (χ1n) is 6.18. The van der Waals surface area contributed by atoms with Gasteiger partial charge < -0.3 is 16.9 Å². The monoisotopic (exact) mass is 300 g/mol. The summed E-state index contributed by atoms with van der Waals surface area (Å²) >= 11 is 6.04. The fraction of sp³-hybridized carbons (Fsp3) is 0. The minimum absolute atomic E-state index is 0.158. The number of benzene rings is 2. The number of hydrogen-bond donors (Lipinski definition) is 4. The molecule has 0 bridgehead atoms. The first-order valence-corrected chi connectivity index (χ1v) is 6.55. The Morgan fingerprint density at radius 1 is 1.00 bits per heavy atom. The van der Waals surface area contributed by atoms with Gasteiger partial charge in [-0.25, -0.2) is 10.8 Å². The lowest BCUT2D eigenvalue weighted by Crippen LogP contribution is -2.11. The second kappa shape index (κ2) is 5.08. The average Bonchev–Trinajstić information content (AvgIpc) is 2.48. The summed E-state index contributed by atoms with van der Waals surface area (Å²) in [6.45, 7) is 0. The molecule has 0 amide bonds. The highest BCUT2D eigenvalue weighted by molar-refractivity contribution is 6.31. The highest BCUT2D eigenvalue weighted by atomic mass is 35.5. The molecule has 0 saturated carbocycles. The van der Waals surface area contributed by atoms with E-state index in [0.717, 1.165) is 16.5 Å². The molecule has 7 N–H and O–H groups in total. The molecule has 0 fully saturated rings. The van der Waals surface area contributed by atoms with Crippen molar-refractivity contribution in [3.63, 3.8) is 0 Å². The molecule has 1 aromatic heterocycles. The zero-order valence-corrected chi connectivity index (χ0v) is 11.7. The van der Waals surface area contributed by atoms with Gasteiger partial charge >= 0.3 is 0 Å². The number of halogens is 1. The molecule has 2 aromatic carbocycles. The number of anilines is 3. The number of rotatable bonds is 2. The Bertz CT molecular complexity index is 833. The van der Waals surface area contributed by atoms with E-state index in [0.29, 0.717) is 22.0 Å². The van der Waals surface area contributed by atoms with Gasteiger partial charge in [0.15, 0.2) is 5.82 Å². The molecule has 1 heterocycles. The molecular formula is C14H13ClN6. The highest BCUT2D eigenvalue weighted by Crippen LogP contribution is 2.32. The summed E-state index contributed by atoms with van der Waals surface area (Å²) in [7, 11) is 0. The SMILES string of the molecule is NNc1nc(N)nc2ccc(-c3cc(Cl)ccc3N)cc12. The third-order valence-corrected chi connectivity index (χ3v) is 3.41. The Labute approximate surface area is 125 Å². The van der Waals surface area contributed by atoms with Crippen LogP contribution in [0.1, 0.15) is 0 Å². The fourth-order valence-electron chi connectivity index (χ4n) is 2.20. The zero-order chi connectivity index (χ0) is 15.0. The summed E-state index contributed by atoms with van der Waals surface area (Å²) in [4.78, 5) is 8.24. The van der Waals surface area contributed by atoms with Gasteiger partial charge in [0, 0.05) is 21.7 Å². The third kappa shape index (κ3) is 2.42. The van der Waals surface area contributed by atoms with Crippen molar-refractivity contribution in [3.05, 3.63) is 41.4 Å². The summed E-state index contributed by atoms with van der Waals surface area (Å²) < 4.78 is 0. The van der Waals surface area contributed by atoms with Crippen molar-refractivity contribution < 1.29 is 0 Å². The van der Waals surface area contributed by atoms with Gasteiger partial charge in [-0.3, -0.25) is 0 Å². The number of hydrogen-bond acceptors (Lipinski definition) is 6. The second-order valence-corrected chi connectivity index (χ2v) is 4.97. The minimum atomic E-state index is 0.158. The van der Waals surface area contributed by atoms with Crippen LogP contribution in [0.3, 0.4) is 0 Å². The van der Waals surface area contributed by atoms with E-state index in [-0.39, 0.29) is 5.95 Å². The molecule has 3 rings (SSSR count). The molecule has 0 aliphatic heterocycles. The van der Waals surface area contributed by atoms with Crippen molar-refractivity contribution in [2.45, 2.75) is 0 Å². The minimum Gasteiger partial charge on any atom is -0.398 e. The van der Waals surface area contributed by atoms with Gasteiger partial charge in [-0.1, -0.05) is 17.7 Å². The van der Waals surface area contributed by atoms with E-state index in [1.165, 1.54) is 0 Å². The van der Waals surface area contributed by atoms with E-state index >= 15 is 0 Å². The van der Waals surface area contributed by atoms with E-state index in [9.17, 15) is 0 Å². The summed E-state index contributed by atoms with van der Waals surface area (Å²) in [5.41, 5.74) is 17.2. The largest absolute Gasteiger partial charge is 0.398 e. The molecular weight excluding hydrogens is 288 g/mol. The van der Waals surface area contributed by atoms with Crippen LogP contribution < -0.4 is 22.7 Å². The Morgan fingerprint density at radius 3 is 2.57 bits per heavy atom. The first-order chi connectivity index (χ1) is 10.1. The van der Waals surface area contributed by atoms with Crippen LogP contribution in [0.25, 0.3) is 22.0 Å². The van der Waals surface area contributed by atoms with Gasteiger partial charge in [-0.05, 0) is 35.9 Å². The quantitative estimate of drug-likeness (QED) is 0.328. The van der Waals surface area contributed by atoms with Crippen molar-refractivity contribution >= 4 is 40.0 Å². The number of nitrogens with two attached hydrogens (primary N) is 3. The van der Waals surface area contributed by atoms with E-state index < -0.39 is 0 Å². The number of fused-ring (bicyclic) bond motifs is 1. The second-order valence-electron chi connectivity index (χ2n) is 4.54. The van der Waals surface area contributed by atoms with Crippen LogP contribution in [-0.2, 0) is 0 Å². The summed E-state index contributed by atoms with van der Waals surface area (Å²) in [5.74, 6) is 6.10. The first kappa shape index (κ1) is 13.4. The zero-order valence-electron chi connectivity index (χ0n) is 11.0. The fourth-order valence-corrected chi connectivity index (χ4v) is 2.37. The smallest absolute Gasteiger partial charge is 0.222 e. The molecule has 0 saturated heterocycles. The Balaban J connectivity index is 2.25. The number of nitrogens with one attached hydrogen (secondary N) is 1. The number of nitrogens with zero attached hydrogens (tertiary/aromatic N) is 2. The molecule has 6 nitrogen and oxygen atoms in total. The van der Waals surface area contributed by atoms with E-state index in [1.54, 1.807) is 12.1 Å². The van der Waals surface area contributed by atoms with Crippen LogP contribution >= 0.6 is 11.6 Å². The predicted octanol–water partition coefficient (Wildman–Crippen LogP) is 2.40. The Kier molecular flexibility index (Phi) is 3.25. The van der Waals surface area contributed by atoms with Crippen molar-refractivity contribution in [2.75, 3.05) is 16.9 Å². The predicted molar refractivity (Wildman–Crippen MR) is 86.6 cm³/mol. The molecule has 0 radical (unpaired) electrons. The lowest BCUT2D eigenvalue weighted by Gasteiger charge is -2.10. The number of aromatic nitrogens is 2. The topological polar surface area (TPSA) is 116 Å². The van der Waals surface area contributed by atoms with Crippen molar-refractivity contribution in [2.24, 2.45) is 5.84 Å². The molecule has 0 unspecified atom stereocenters. The maximum Gasteiger partial charge on any atom is 0.222 e. The Morgan fingerprint density at radius 2 is 1.81 bits per heavy atom. The van der Waals surface area contributed by atoms with Gasteiger partial charge in [-0.2, -0.15) is 4.98 Å². The molecule has 21 heavy (non-hydrogen) atoms. The van der Waals surface area contributed by atoms with Crippen molar-refractivity contribution in [1.29, 1.82) is 0 Å². The van der Waals surface area contributed by atoms with E-state index in [1.807, 2.05) is 24.3 Å². The van der Waals surface area contributed by atoms with Gasteiger partial charge in [0.1, 0.15) is 0 Å². The van der Waals surface area contributed by atoms with Crippen LogP contribution in [0.15, 0.2) is 36.4 Å². The standard InChI is InChI=1S/C14H13ClN6/c15-8-2-3-11(16)9(6-8)7-1-4-12-10(5-7)13(21-18)20-14(17)19-12/h1-6H,16,18H2,(H3,17,19,20,21). The third-order valence-electron chi connectivity index (χ3n) is 3.18. The van der Waals surface area contributed by atoms with Crippen LogP contribution in [-0.4, -0.2) is 9.97 Å². The molecule has 0 atom stereocenters. The normalized spacial score (nSPS) is 10.8. The average molecular weight is 301 g/mol. The lowest BCUT2D eigenvalue weighted by atomic mass is 10.0. The molecule has 0 aliphatic carbocycles. The van der Waals surface area contributed by atoms with Crippen LogP contribution in [0.2, 0.25) is 5.02 Å². The van der Waals surface area contributed by atoms with Gasteiger partial charge in [0.2, 0.25) is 5.95 Å². The van der Waals surface area contributed by atoms with Crippen LogP contribution in [0.4, 0.5) is 17.5 Å². The maximum absolute atomic E-state index is 6.04. The summed E-state index contributed by atoms with van der Waals surface area (Å²) in [6.07, 6.45) is 0. The van der Waals surface area contributed by atoms with Gasteiger partial charge in [0.05, 0.1) is 5.52 Å².